The predicted octanol–water partition coefficient (Wildman–Crippen LogP) is 16.4. The fraction of sp³-hybridized carbons (Fsp3) is 0.0725. The van der Waals surface area contributed by atoms with Gasteiger partial charge in [-0.3, -0.25) is 0 Å². The van der Waals surface area contributed by atoms with Crippen molar-refractivity contribution >= 4 is 0 Å². The van der Waals surface area contributed by atoms with Gasteiger partial charge in [0.05, 0.1) is 11.6 Å². The molecule has 8 aromatic carbocycles. The third-order valence-electron chi connectivity index (χ3n) is 13.6. The third kappa shape index (κ3) is 11.2. The van der Waals surface area contributed by atoms with E-state index >= 15 is 0 Å². The number of benzene rings is 8. The van der Waals surface area contributed by atoms with Crippen LogP contribution in [-0.4, -0.2) is 15.0 Å². The topological polar surface area (TPSA) is 62.5 Å². The van der Waals surface area contributed by atoms with Crippen molar-refractivity contribution in [2.45, 2.75) is 32.6 Å². The number of pyridine rings is 3. The van der Waals surface area contributed by atoms with E-state index in [4.69, 9.17) is 4.98 Å². The van der Waals surface area contributed by atoms with Gasteiger partial charge in [0.1, 0.15) is 0 Å². The van der Waals surface area contributed by atoms with Crippen LogP contribution in [0.5, 0.6) is 0 Å². The second-order valence-electron chi connectivity index (χ2n) is 18.4. The van der Waals surface area contributed by atoms with Crippen LogP contribution in [0.4, 0.5) is 0 Å². The van der Waals surface area contributed by atoms with E-state index in [0.717, 1.165) is 115 Å². The fourth-order valence-electron chi connectivity index (χ4n) is 9.62. The van der Waals surface area contributed by atoms with Crippen LogP contribution in [0.2, 0.25) is 0 Å². The first-order chi connectivity index (χ1) is 36.0. The zero-order chi connectivity index (χ0) is 49.3. The Morgan fingerprint density at radius 1 is 0.378 bits per heavy atom. The molecule has 11 rings (SSSR count). The molecule has 0 bridgehead atoms. The second-order valence-corrected chi connectivity index (χ2v) is 18.4. The zero-order valence-electron chi connectivity index (χ0n) is 40.9. The average Bonchev–Trinajstić information content (AvgIpc) is 3.47. The van der Waals surface area contributed by atoms with Crippen molar-refractivity contribution in [3.63, 3.8) is 0 Å². The molecule has 0 unspecified atom stereocenters. The molecule has 0 atom stereocenters. The molecule has 354 valence electrons. The molecule has 0 aliphatic carbocycles. The molecule has 4 nitrogen and oxygen atoms in total. The molecule has 0 radical (unpaired) electrons. The summed E-state index contributed by atoms with van der Waals surface area (Å²) in [4.78, 5) is 14.0. The minimum absolute atomic E-state index is 0. The van der Waals surface area contributed by atoms with Crippen LogP contribution in [0.25, 0.3) is 89.4 Å². The normalized spacial score (nSPS) is 10.9. The smallest absolute Gasteiger partial charge is 0.305 e. The van der Waals surface area contributed by atoms with Crippen LogP contribution in [0.15, 0.2) is 231 Å². The van der Waals surface area contributed by atoms with Crippen LogP contribution in [-0.2, 0) is 45.8 Å². The molecule has 3 aromatic heterocycles. The Balaban J connectivity index is 0.00000626. The molecule has 0 spiro atoms. The third-order valence-corrected chi connectivity index (χ3v) is 13.6. The van der Waals surface area contributed by atoms with E-state index in [1.165, 1.54) is 27.8 Å². The van der Waals surface area contributed by atoms with Gasteiger partial charge in [-0.1, -0.05) is 169 Å². The first kappa shape index (κ1) is 49.0. The number of rotatable bonds is 14. The number of hydrogen-bond donors (Lipinski definition) is 0. The summed E-state index contributed by atoms with van der Waals surface area (Å²) in [5.41, 5.74) is 23.6. The quantitative estimate of drug-likeness (QED) is 0.102. The summed E-state index contributed by atoms with van der Waals surface area (Å²) >= 11 is 0. The monoisotopic (exact) mass is 1130 g/mol. The minimum Gasteiger partial charge on any atom is -0.305 e. The van der Waals surface area contributed by atoms with Crippen molar-refractivity contribution < 1.29 is 20.1 Å². The second kappa shape index (κ2) is 22.8. The van der Waals surface area contributed by atoms with E-state index in [9.17, 15) is 5.26 Å². The molecule has 0 fully saturated rings. The Labute approximate surface area is 448 Å². The molecular weight excluding hydrogens is 1080 g/mol. The van der Waals surface area contributed by atoms with E-state index < -0.39 is 0 Å². The average molecular weight is 1130 g/mol. The van der Waals surface area contributed by atoms with Gasteiger partial charge in [-0.05, 0) is 117 Å². The van der Waals surface area contributed by atoms with Gasteiger partial charge in [0.2, 0.25) is 0 Å². The molecule has 5 heteroatoms. The maximum Gasteiger partial charge on any atom is 3.00 e. The maximum absolute atomic E-state index is 9.44. The Morgan fingerprint density at radius 3 is 1.47 bits per heavy atom. The fourth-order valence-corrected chi connectivity index (χ4v) is 9.62. The Hall–Kier alpha value is -8.65. The molecular formula is C69H49IrN4. The van der Waals surface area contributed by atoms with Gasteiger partial charge in [-0.25, -0.2) is 0 Å². The first-order valence-corrected chi connectivity index (χ1v) is 24.8. The largest absolute Gasteiger partial charge is 3.00 e. The number of aryl methyl sites for hydroxylation is 5. The summed E-state index contributed by atoms with van der Waals surface area (Å²) in [7, 11) is 0. The number of hydrogen-bond acceptors (Lipinski definition) is 4. The van der Waals surface area contributed by atoms with Crippen molar-refractivity contribution in [1.29, 1.82) is 5.26 Å². The van der Waals surface area contributed by atoms with Crippen LogP contribution < -0.4 is 0 Å². The van der Waals surface area contributed by atoms with Crippen LogP contribution in [0, 0.1) is 36.5 Å². The van der Waals surface area contributed by atoms with Gasteiger partial charge in [-0.2, -0.15) is 5.26 Å². The SMILES string of the molecule is Cc1cnc(-c2[c-]cc(-c3ccccc3-c3cc(CCc4c[c-]c(-c5ccccn5)cc4)cc(CCc4c[c-]c(-c5ccccn5)cc4)c3)c(-c3ccc(-c4ccc(C#N)cc4)cc3)c2)cc1-c1ccccc1.[Ir+3]. The van der Waals surface area contributed by atoms with Crippen LogP contribution in [0.3, 0.4) is 0 Å². The molecule has 11 aromatic rings. The van der Waals surface area contributed by atoms with Gasteiger partial charge in [-0.15, -0.1) is 94.5 Å². The molecule has 3 heterocycles. The molecule has 0 aliphatic heterocycles. The summed E-state index contributed by atoms with van der Waals surface area (Å²) in [6.45, 7) is 2.11. The minimum atomic E-state index is 0. The molecule has 0 N–H and O–H groups in total. The van der Waals surface area contributed by atoms with E-state index in [2.05, 4.69) is 187 Å². The molecule has 0 amide bonds. The molecule has 0 saturated carbocycles. The number of aromatic nitrogens is 3. The molecule has 0 saturated heterocycles. The Kier molecular flexibility index (Phi) is 15.1. The van der Waals surface area contributed by atoms with Gasteiger partial charge in [0, 0.05) is 18.6 Å². The van der Waals surface area contributed by atoms with Gasteiger partial charge < -0.3 is 15.0 Å². The van der Waals surface area contributed by atoms with Crippen molar-refractivity contribution in [3.05, 3.63) is 282 Å². The zero-order valence-corrected chi connectivity index (χ0v) is 43.3. The number of nitrogens with zero attached hydrogens (tertiary/aromatic N) is 4. The Morgan fingerprint density at radius 2 is 0.905 bits per heavy atom. The van der Waals surface area contributed by atoms with E-state index in [0.29, 0.717) is 5.56 Å². The van der Waals surface area contributed by atoms with Crippen LogP contribution in [0.1, 0.15) is 33.4 Å². The summed E-state index contributed by atoms with van der Waals surface area (Å²) in [5, 5.41) is 9.44. The van der Waals surface area contributed by atoms with Crippen molar-refractivity contribution in [3.8, 4) is 95.5 Å². The molecule has 0 aliphatic rings. The van der Waals surface area contributed by atoms with Crippen LogP contribution >= 0.6 is 0 Å². The standard InChI is InChI=1S/C69H49N4.Ir/c1-48-47-73-69(45-65(48)56-11-3-2-4-12-56)60-37-38-64(66(44-60)57-35-33-55(34-36-57)54-27-25-51(46-70)26-28-54)63-14-6-5-13-62(63)61-42-52(19-17-49-21-29-58(30-22-49)67-15-7-9-39-71-67)41-53(43-61)20-18-50-23-31-59(32-24-50)68-16-8-10-40-72-68;/h2-16,21-29,31,33-36,38-45,47H,17-20H2,1H3;/q-3;+3. The summed E-state index contributed by atoms with van der Waals surface area (Å²) < 4.78 is 0. The summed E-state index contributed by atoms with van der Waals surface area (Å²) in [6.07, 6.45) is 9.13. The van der Waals surface area contributed by atoms with Crippen molar-refractivity contribution in [1.82, 2.24) is 15.0 Å². The number of nitriles is 1. The van der Waals surface area contributed by atoms with E-state index in [1.54, 1.807) is 0 Å². The molecule has 74 heavy (non-hydrogen) atoms. The van der Waals surface area contributed by atoms with Gasteiger partial charge in [0.15, 0.2) is 0 Å². The first-order valence-electron chi connectivity index (χ1n) is 24.8. The Bertz CT molecular complexity index is 3590. The summed E-state index contributed by atoms with van der Waals surface area (Å²) in [5.74, 6) is 0. The van der Waals surface area contributed by atoms with Crippen molar-refractivity contribution in [2.75, 3.05) is 0 Å². The maximum atomic E-state index is 9.44. The van der Waals surface area contributed by atoms with Gasteiger partial charge in [0.25, 0.3) is 0 Å². The van der Waals surface area contributed by atoms with Gasteiger partial charge >= 0.3 is 20.1 Å². The predicted molar refractivity (Wildman–Crippen MR) is 297 cm³/mol. The van der Waals surface area contributed by atoms with E-state index in [1.807, 2.05) is 85.3 Å². The summed E-state index contributed by atoms with van der Waals surface area (Å²) in [6, 6.07) is 87.3. The van der Waals surface area contributed by atoms with E-state index in [-0.39, 0.29) is 20.1 Å². The van der Waals surface area contributed by atoms with Crippen molar-refractivity contribution in [2.24, 2.45) is 0 Å².